The molecule has 0 bridgehead atoms. The molecule has 0 radical (unpaired) electrons. The van der Waals surface area contributed by atoms with Gasteiger partial charge in [0, 0.05) is 25.2 Å². The van der Waals surface area contributed by atoms with E-state index in [2.05, 4.69) is 5.32 Å². The van der Waals surface area contributed by atoms with E-state index in [1.165, 1.54) is 18.2 Å². The van der Waals surface area contributed by atoms with Crippen LogP contribution in [0.3, 0.4) is 0 Å². The van der Waals surface area contributed by atoms with Gasteiger partial charge in [-0.25, -0.2) is 0 Å². The highest BCUT2D eigenvalue weighted by Crippen LogP contribution is 2.27. The zero-order chi connectivity index (χ0) is 19.4. The van der Waals surface area contributed by atoms with Gasteiger partial charge in [0.15, 0.2) is 0 Å². The number of benzene rings is 2. The minimum Gasteiger partial charge on any atom is -0.368 e. The number of anilines is 1. The quantitative estimate of drug-likeness (QED) is 0.623. The molecule has 1 N–H and O–H groups in total. The van der Waals surface area contributed by atoms with Crippen LogP contribution in [0.25, 0.3) is 0 Å². The van der Waals surface area contributed by atoms with Crippen molar-refractivity contribution in [2.45, 2.75) is 19.1 Å². The van der Waals surface area contributed by atoms with Gasteiger partial charge >= 0.3 is 0 Å². The highest BCUT2D eigenvalue weighted by Gasteiger charge is 2.27. The standard InChI is InChI=1S/C19H20ClN3O4/c1-13-10-22(11-18(27-13)14-5-3-2-4-6-14)12-19(24)21-17-8-7-15(23(25)26)9-16(17)20/h2-9,13,18H,10-12H2,1H3,(H,21,24). The number of hydrogen-bond donors (Lipinski definition) is 1. The topological polar surface area (TPSA) is 84.7 Å². The molecule has 3 rings (SSSR count). The first kappa shape index (κ1) is 19.3. The Kier molecular flexibility index (Phi) is 6.05. The fourth-order valence-corrected chi connectivity index (χ4v) is 3.35. The van der Waals surface area contributed by atoms with E-state index in [4.69, 9.17) is 16.3 Å². The molecule has 1 saturated heterocycles. The van der Waals surface area contributed by atoms with E-state index in [0.29, 0.717) is 18.8 Å². The number of ether oxygens (including phenoxy) is 1. The minimum absolute atomic E-state index is 0.000260. The molecule has 2 unspecified atom stereocenters. The minimum atomic E-state index is -0.531. The third kappa shape index (κ3) is 5.03. The van der Waals surface area contributed by atoms with E-state index in [1.807, 2.05) is 42.2 Å². The van der Waals surface area contributed by atoms with Crippen LogP contribution in [0.4, 0.5) is 11.4 Å². The van der Waals surface area contributed by atoms with Gasteiger partial charge in [0.05, 0.1) is 34.4 Å². The van der Waals surface area contributed by atoms with Crippen molar-refractivity contribution in [3.8, 4) is 0 Å². The van der Waals surface area contributed by atoms with Gasteiger partial charge in [0.25, 0.3) is 5.69 Å². The summed E-state index contributed by atoms with van der Waals surface area (Å²) in [5, 5.41) is 13.6. The van der Waals surface area contributed by atoms with Crippen LogP contribution < -0.4 is 5.32 Å². The fourth-order valence-electron chi connectivity index (χ4n) is 3.13. The molecular formula is C19H20ClN3O4. The third-order valence-electron chi connectivity index (χ3n) is 4.31. The van der Waals surface area contributed by atoms with Crippen molar-refractivity contribution in [2.24, 2.45) is 0 Å². The number of amides is 1. The molecule has 1 aliphatic rings. The van der Waals surface area contributed by atoms with Gasteiger partial charge in [-0.1, -0.05) is 41.9 Å². The van der Waals surface area contributed by atoms with E-state index < -0.39 is 4.92 Å². The van der Waals surface area contributed by atoms with Gasteiger partial charge in [0.2, 0.25) is 5.91 Å². The number of carbonyl (C=O) groups is 1. The predicted octanol–water partition coefficient (Wildman–Crippen LogP) is 3.65. The van der Waals surface area contributed by atoms with Crippen molar-refractivity contribution in [3.63, 3.8) is 0 Å². The molecule has 8 heteroatoms. The average molecular weight is 390 g/mol. The molecule has 2 aromatic rings. The van der Waals surface area contributed by atoms with Gasteiger partial charge in [-0.2, -0.15) is 0 Å². The van der Waals surface area contributed by atoms with E-state index in [1.54, 1.807) is 0 Å². The molecule has 1 amide bonds. The van der Waals surface area contributed by atoms with Crippen LogP contribution in [0.2, 0.25) is 5.02 Å². The first-order chi connectivity index (χ1) is 12.9. The molecular weight excluding hydrogens is 370 g/mol. The number of carbonyl (C=O) groups excluding carboxylic acids is 1. The van der Waals surface area contributed by atoms with Gasteiger partial charge in [-0.05, 0) is 18.6 Å². The predicted molar refractivity (Wildman–Crippen MR) is 103 cm³/mol. The molecule has 1 heterocycles. The highest BCUT2D eigenvalue weighted by atomic mass is 35.5. The van der Waals surface area contributed by atoms with Gasteiger partial charge in [0.1, 0.15) is 0 Å². The maximum Gasteiger partial charge on any atom is 0.271 e. The van der Waals surface area contributed by atoms with Crippen LogP contribution in [0.1, 0.15) is 18.6 Å². The van der Waals surface area contributed by atoms with Gasteiger partial charge < -0.3 is 10.1 Å². The van der Waals surface area contributed by atoms with Gasteiger partial charge in [-0.3, -0.25) is 19.8 Å². The second kappa shape index (κ2) is 8.47. The molecule has 0 aliphatic carbocycles. The summed E-state index contributed by atoms with van der Waals surface area (Å²) in [6, 6.07) is 13.9. The van der Waals surface area contributed by atoms with Gasteiger partial charge in [-0.15, -0.1) is 0 Å². The zero-order valence-electron chi connectivity index (χ0n) is 14.8. The van der Waals surface area contributed by atoms with Crippen LogP contribution in [0, 0.1) is 10.1 Å². The largest absolute Gasteiger partial charge is 0.368 e. The zero-order valence-corrected chi connectivity index (χ0v) is 15.6. The van der Waals surface area contributed by atoms with Crippen molar-refractivity contribution in [1.29, 1.82) is 0 Å². The molecule has 142 valence electrons. The van der Waals surface area contributed by atoms with Crippen LogP contribution in [0.15, 0.2) is 48.5 Å². The number of halogens is 1. The summed E-state index contributed by atoms with van der Waals surface area (Å²) in [5.41, 5.74) is 1.31. The van der Waals surface area contributed by atoms with Crippen molar-refractivity contribution < 1.29 is 14.5 Å². The van der Waals surface area contributed by atoms with Crippen molar-refractivity contribution in [2.75, 3.05) is 25.0 Å². The number of hydrogen-bond acceptors (Lipinski definition) is 5. The maximum absolute atomic E-state index is 12.4. The number of nitrogens with one attached hydrogen (secondary N) is 1. The molecule has 0 spiro atoms. The number of non-ortho nitro benzene ring substituents is 1. The van der Waals surface area contributed by atoms with E-state index in [0.717, 1.165) is 5.56 Å². The molecule has 7 nitrogen and oxygen atoms in total. The Labute approximate surface area is 162 Å². The first-order valence-corrected chi connectivity index (χ1v) is 8.96. The lowest BCUT2D eigenvalue weighted by Crippen LogP contribution is -2.46. The number of nitrogens with zero attached hydrogens (tertiary/aromatic N) is 2. The summed E-state index contributed by atoms with van der Waals surface area (Å²) in [5.74, 6) is -0.230. The number of morpholine rings is 1. The molecule has 1 fully saturated rings. The van der Waals surface area contributed by atoms with E-state index >= 15 is 0 Å². The van der Waals surface area contributed by atoms with E-state index in [9.17, 15) is 14.9 Å². The lowest BCUT2D eigenvalue weighted by Gasteiger charge is -2.36. The number of rotatable bonds is 5. The third-order valence-corrected chi connectivity index (χ3v) is 4.62. The Morgan fingerprint density at radius 2 is 2.04 bits per heavy atom. The summed E-state index contributed by atoms with van der Waals surface area (Å²) in [6.45, 7) is 3.41. The Morgan fingerprint density at radius 1 is 1.30 bits per heavy atom. The number of nitro benzene ring substituents is 1. The lowest BCUT2D eigenvalue weighted by atomic mass is 10.1. The van der Waals surface area contributed by atoms with Crippen LogP contribution in [-0.2, 0) is 9.53 Å². The molecule has 0 aromatic heterocycles. The Balaban J connectivity index is 1.62. The summed E-state index contributed by atoms with van der Waals surface area (Å²) in [4.78, 5) is 24.7. The monoisotopic (exact) mass is 389 g/mol. The summed E-state index contributed by atoms with van der Waals surface area (Å²) in [7, 11) is 0. The van der Waals surface area contributed by atoms with Crippen LogP contribution in [0.5, 0.6) is 0 Å². The van der Waals surface area contributed by atoms with Crippen molar-refractivity contribution >= 4 is 28.9 Å². The van der Waals surface area contributed by atoms with Crippen LogP contribution in [-0.4, -0.2) is 41.5 Å². The smallest absolute Gasteiger partial charge is 0.271 e. The maximum atomic E-state index is 12.4. The molecule has 0 saturated carbocycles. The van der Waals surface area contributed by atoms with Crippen molar-refractivity contribution in [3.05, 3.63) is 69.2 Å². The second-order valence-electron chi connectivity index (χ2n) is 6.51. The summed E-state index contributed by atoms with van der Waals surface area (Å²) in [6.07, 6.45) is -0.0922. The summed E-state index contributed by atoms with van der Waals surface area (Å²) < 4.78 is 6.00. The van der Waals surface area contributed by atoms with Crippen molar-refractivity contribution in [1.82, 2.24) is 4.90 Å². The first-order valence-electron chi connectivity index (χ1n) is 8.59. The SMILES string of the molecule is CC1CN(CC(=O)Nc2ccc([N+](=O)[O-])cc2Cl)CC(c2ccccc2)O1. The average Bonchev–Trinajstić information content (AvgIpc) is 2.63. The molecule has 2 atom stereocenters. The molecule has 2 aromatic carbocycles. The van der Waals surface area contributed by atoms with E-state index in [-0.39, 0.29) is 35.4 Å². The lowest BCUT2D eigenvalue weighted by molar-refractivity contribution is -0.384. The normalized spacial score (nSPS) is 20.2. The second-order valence-corrected chi connectivity index (χ2v) is 6.92. The fraction of sp³-hybridized carbons (Fsp3) is 0.316. The number of nitro groups is 1. The Hall–Kier alpha value is -2.48. The molecule has 27 heavy (non-hydrogen) atoms. The molecule has 1 aliphatic heterocycles. The Morgan fingerprint density at radius 3 is 2.70 bits per heavy atom. The Bertz CT molecular complexity index is 831. The summed E-state index contributed by atoms with van der Waals surface area (Å²) >= 11 is 6.03. The van der Waals surface area contributed by atoms with Crippen LogP contribution >= 0.6 is 11.6 Å². The highest BCUT2D eigenvalue weighted by molar-refractivity contribution is 6.34.